The Balaban J connectivity index is 1.80. The maximum atomic E-state index is 6.20. The summed E-state index contributed by atoms with van der Waals surface area (Å²) in [6.07, 6.45) is 3.46. The van der Waals surface area contributed by atoms with E-state index < -0.39 is 0 Å². The Hall–Kier alpha value is -1.17. The first-order valence-electron chi connectivity index (χ1n) is 6.12. The highest BCUT2D eigenvalue weighted by Gasteiger charge is 2.25. The summed E-state index contributed by atoms with van der Waals surface area (Å²) < 4.78 is 5.82. The molecular weight excluding hydrogens is 282 g/mol. The van der Waals surface area contributed by atoms with Crippen LogP contribution in [-0.2, 0) is 4.74 Å². The Bertz CT molecular complexity index is 575. The zero-order chi connectivity index (χ0) is 13.2. The molecule has 2 aromatic heterocycles. The minimum Gasteiger partial charge on any atom is -0.367 e. The third-order valence-electron chi connectivity index (χ3n) is 3.07. The Morgan fingerprint density at radius 2 is 2.42 bits per heavy atom. The van der Waals surface area contributed by atoms with Gasteiger partial charge in [0.15, 0.2) is 0 Å². The molecule has 1 fully saturated rings. The van der Waals surface area contributed by atoms with Crippen LogP contribution in [0.15, 0.2) is 23.8 Å². The molecule has 0 saturated carbocycles. The minimum absolute atomic E-state index is 0.0247. The molecule has 100 valence electrons. The molecule has 6 heteroatoms. The van der Waals surface area contributed by atoms with Gasteiger partial charge in [-0.15, -0.1) is 11.3 Å². The molecule has 1 aliphatic heterocycles. The third kappa shape index (κ3) is 2.73. The molecule has 3 rings (SSSR count). The van der Waals surface area contributed by atoms with Crippen LogP contribution in [0.1, 0.15) is 16.8 Å². The fourth-order valence-electron chi connectivity index (χ4n) is 2.16. The average Bonchev–Trinajstić information content (AvgIpc) is 2.86. The molecule has 1 saturated heterocycles. The van der Waals surface area contributed by atoms with Gasteiger partial charge < -0.3 is 9.64 Å². The van der Waals surface area contributed by atoms with Crippen molar-refractivity contribution in [3.8, 4) is 0 Å². The summed E-state index contributed by atoms with van der Waals surface area (Å²) >= 11 is 7.85. The molecular formula is C13H14ClN3OS. The molecule has 3 heterocycles. The van der Waals surface area contributed by atoms with Crippen LogP contribution in [0, 0.1) is 6.92 Å². The van der Waals surface area contributed by atoms with Crippen molar-refractivity contribution < 1.29 is 4.74 Å². The number of nitrogens with zero attached hydrogens (tertiary/aromatic N) is 3. The van der Waals surface area contributed by atoms with Crippen molar-refractivity contribution in [3.63, 3.8) is 0 Å². The van der Waals surface area contributed by atoms with E-state index in [1.807, 2.05) is 13.0 Å². The van der Waals surface area contributed by atoms with Crippen molar-refractivity contribution in [1.82, 2.24) is 9.97 Å². The Morgan fingerprint density at radius 3 is 3.16 bits per heavy atom. The first-order chi connectivity index (χ1) is 9.24. The second kappa shape index (κ2) is 5.45. The smallest absolute Gasteiger partial charge is 0.126 e. The minimum atomic E-state index is 0.0247. The topological polar surface area (TPSA) is 38.2 Å². The van der Waals surface area contributed by atoms with Crippen LogP contribution in [0.2, 0.25) is 5.02 Å². The van der Waals surface area contributed by atoms with Gasteiger partial charge in [0.1, 0.15) is 11.1 Å². The number of aryl methyl sites for hydroxylation is 1. The van der Waals surface area contributed by atoms with Crippen LogP contribution < -0.4 is 4.90 Å². The lowest BCUT2D eigenvalue weighted by Crippen LogP contribution is -2.38. The summed E-state index contributed by atoms with van der Waals surface area (Å²) in [4.78, 5) is 10.8. The molecule has 0 aliphatic carbocycles. The molecule has 1 atom stereocenters. The summed E-state index contributed by atoms with van der Waals surface area (Å²) in [7, 11) is 0. The van der Waals surface area contributed by atoms with Crippen molar-refractivity contribution >= 4 is 28.6 Å². The van der Waals surface area contributed by atoms with Gasteiger partial charge in [0.2, 0.25) is 0 Å². The number of anilines is 1. The molecule has 0 unspecified atom stereocenters. The summed E-state index contributed by atoms with van der Waals surface area (Å²) in [5.74, 6) is 0. The quantitative estimate of drug-likeness (QED) is 0.853. The number of aromatic nitrogens is 2. The first-order valence-corrected chi connectivity index (χ1v) is 7.38. The van der Waals surface area contributed by atoms with E-state index in [1.54, 1.807) is 23.7 Å². The number of hydrogen-bond acceptors (Lipinski definition) is 5. The van der Waals surface area contributed by atoms with Gasteiger partial charge in [-0.05, 0) is 13.0 Å². The summed E-state index contributed by atoms with van der Waals surface area (Å²) in [5.41, 5.74) is 2.06. The lowest BCUT2D eigenvalue weighted by molar-refractivity contribution is 0.0396. The normalized spacial score (nSPS) is 19.7. The van der Waals surface area contributed by atoms with E-state index in [1.165, 1.54) is 0 Å². The fourth-order valence-corrected chi connectivity index (χ4v) is 3.24. The molecule has 0 radical (unpaired) electrons. The van der Waals surface area contributed by atoms with Crippen molar-refractivity contribution in [2.24, 2.45) is 0 Å². The predicted molar refractivity (Wildman–Crippen MR) is 77.0 cm³/mol. The third-order valence-corrected chi connectivity index (χ3v) is 4.42. The van der Waals surface area contributed by atoms with Crippen molar-refractivity contribution in [1.29, 1.82) is 0 Å². The predicted octanol–water partition coefficient (Wildman–Crippen LogP) is 3.08. The van der Waals surface area contributed by atoms with E-state index in [0.29, 0.717) is 11.6 Å². The van der Waals surface area contributed by atoms with Gasteiger partial charge in [-0.3, -0.25) is 4.98 Å². The van der Waals surface area contributed by atoms with Crippen LogP contribution in [0.25, 0.3) is 0 Å². The zero-order valence-corrected chi connectivity index (χ0v) is 12.1. The number of thiazole rings is 1. The van der Waals surface area contributed by atoms with Gasteiger partial charge in [-0.2, -0.15) is 0 Å². The standard InChI is InChI=1S/C13H14ClN3OS/c1-9-8-19-13(16-9)12-7-17(4-5-18-12)11-2-3-15-6-10(11)14/h2-3,6,8,12H,4-5,7H2,1H3/t12-/m1/s1. The van der Waals surface area contributed by atoms with Gasteiger partial charge in [0.25, 0.3) is 0 Å². The molecule has 0 amide bonds. The van der Waals surface area contributed by atoms with Crippen LogP contribution in [0.5, 0.6) is 0 Å². The number of halogens is 1. The molecule has 4 nitrogen and oxygen atoms in total. The Kier molecular flexibility index (Phi) is 3.68. The van der Waals surface area contributed by atoms with Crippen LogP contribution in [0.4, 0.5) is 5.69 Å². The molecule has 2 aromatic rings. The molecule has 0 spiro atoms. The van der Waals surface area contributed by atoms with E-state index in [4.69, 9.17) is 16.3 Å². The molecule has 0 aromatic carbocycles. The zero-order valence-electron chi connectivity index (χ0n) is 10.5. The van der Waals surface area contributed by atoms with Crippen LogP contribution >= 0.6 is 22.9 Å². The number of rotatable bonds is 2. The SMILES string of the molecule is Cc1csc([C@H]2CN(c3ccncc3Cl)CCO2)n1. The van der Waals surface area contributed by atoms with Crippen molar-refractivity contribution in [2.45, 2.75) is 13.0 Å². The maximum absolute atomic E-state index is 6.20. The molecule has 19 heavy (non-hydrogen) atoms. The van der Waals surface area contributed by atoms with E-state index in [9.17, 15) is 0 Å². The highest BCUT2D eigenvalue weighted by Crippen LogP contribution is 2.31. The number of pyridine rings is 1. The monoisotopic (exact) mass is 295 g/mol. The molecule has 0 bridgehead atoms. The lowest BCUT2D eigenvalue weighted by Gasteiger charge is -2.34. The van der Waals surface area contributed by atoms with Crippen molar-refractivity contribution in [2.75, 3.05) is 24.6 Å². The van der Waals surface area contributed by atoms with Crippen LogP contribution in [0.3, 0.4) is 0 Å². The summed E-state index contributed by atoms with van der Waals surface area (Å²) in [6.45, 7) is 4.30. The van der Waals surface area contributed by atoms with Crippen molar-refractivity contribution in [3.05, 3.63) is 39.6 Å². The Morgan fingerprint density at radius 1 is 1.53 bits per heavy atom. The Labute approximate surface area is 121 Å². The van der Waals surface area contributed by atoms with Gasteiger partial charge >= 0.3 is 0 Å². The summed E-state index contributed by atoms with van der Waals surface area (Å²) in [6, 6.07) is 1.94. The number of ether oxygens (including phenoxy) is 1. The molecule has 0 N–H and O–H groups in total. The second-order valence-electron chi connectivity index (χ2n) is 4.46. The highest BCUT2D eigenvalue weighted by molar-refractivity contribution is 7.09. The van der Waals surface area contributed by atoms with E-state index in [0.717, 1.165) is 29.5 Å². The van der Waals surface area contributed by atoms with E-state index in [-0.39, 0.29) is 6.10 Å². The van der Waals surface area contributed by atoms with Crippen LogP contribution in [-0.4, -0.2) is 29.7 Å². The maximum Gasteiger partial charge on any atom is 0.126 e. The largest absolute Gasteiger partial charge is 0.367 e. The van der Waals surface area contributed by atoms with Gasteiger partial charge in [0.05, 0.1) is 23.9 Å². The summed E-state index contributed by atoms with van der Waals surface area (Å²) in [5, 5.41) is 3.77. The second-order valence-corrected chi connectivity index (χ2v) is 5.76. The average molecular weight is 296 g/mol. The highest BCUT2D eigenvalue weighted by atomic mass is 35.5. The molecule has 1 aliphatic rings. The lowest BCUT2D eigenvalue weighted by atomic mass is 10.2. The first kappa shape index (κ1) is 12.8. The van der Waals surface area contributed by atoms with Gasteiger partial charge in [-0.1, -0.05) is 11.6 Å². The van der Waals surface area contributed by atoms with Gasteiger partial charge in [0, 0.05) is 30.0 Å². The fraction of sp³-hybridized carbons (Fsp3) is 0.385. The van der Waals surface area contributed by atoms with E-state index >= 15 is 0 Å². The number of morpholine rings is 1. The van der Waals surface area contributed by atoms with Gasteiger partial charge in [-0.25, -0.2) is 4.98 Å². The van der Waals surface area contributed by atoms with E-state index in [2.05, 4.69) is 20.2 Å². The number of hydrogen-bond donors (Lipinski definition) is 0.